The molecule has 5 heterocycles. The number of nitrogens with zero attached hydrogens (tertiary/aromatic N) is 9. The van der Waals surface area contributed by atoms with Gasteiger partial charge in [0.2, 0.25) is 0 Å². The minimum absolute atomic E-state index is 0.316. The van der Waals surface area contributed by atoms with E-state index in [1.54, 1.807) is 60.9 Å². The molecule has 17 heteroatoms. The van der Waals surface area contributed by atoms with Crippen molar-refractivity contribution < 1.29 is 0 Å². The van der Waals surface area contributed by atoms with Crippen molar-refractivity contribution in [3.05, 3.63) is 146 Å². The van der Waals surface area contributed by atoms with Crippen molar-refractivity contribution >= 4 is 75.4 Å². The lowest BCUT2D eigenvalue weighted by Gasteiger charge is -2.05. The number of nitriles is 1. The van der Waals surface area contributed by atoms with Gasteiger partial charge in [0, 0.05) is 41.7 Å². The molecule has 2 N–H and O–H groups in total. The number of benzene rings is 3. The molecule has 1 aliphatic heterocycles. The fraction of sp³-hybridized carbons (Fsp3) is 0.0541. The van der Waals surface area contributed by atoms with Crippen LogP contribution in [0.4, 0.5) is 0 Å². The highest BCUT2D eigenvalue weighted by Gasteiger charge is 2.12. The van der Waals surface area contributed by atoms with E-state index in [9.17, 15) is 0 Å². The first-order chi connectivity index (χ1) is 26.2. The Morgan fingerprint density at radius 3 is 1.46 bits per heavy atom. The topological polar surface area (TPSA) is 154 Å². The Morgan fingerprint density at radius 2 is 1.00 bits per heavy atom. The fourth-order valence-corrected chi connectivity index (χ4v) is 5.70. The van der Waals surface area contributed by atoms with Crippen molar-refractivity contribution in [2.24, 2.45) is 4.99 Å². The molecule has 268 valence electrons. The molecule has 0 aliphatic carbocycles. The molecule has 0 saturated carbocycles. The third-order valence-electron chi connectivity index (χ3n) is 7.42. The number of hydrogen-bond acceptors (Lipinski definition) is 10. The summed E-state index contributed by atoms with van der Waals surface area (Å²) in [6, 6.07) is 23.3. The number of aromatic nitrogens is 8. The summed E-state index contributed by atoms with van der Waals surface area (Å²) in [5.74, 6) is 1.51. The van der Waals surface area contributed by atoms with Gasteiger partial charge < -0.3 is 10.3 Å². The molecule has 0 bridgehead atoms. The van der Waals surface area contributed by atoms with Crippen LogP contribution in [-0.4, -0.2) is 58.8 Å². The van der Waals surface area contributed by atoms with Crippen LogP contribution in [0.5, 0.6) is 0 Å². The van der Waals surface area contributed by atoms with Gasteiger partial charge in [-0.2, -0.15) is 5.26 Å². The number of H-pyrrole nitrogens is 1. The standard InChI is InChI=1S/C13H10Cl2N4.C13H8Cl2N4.C11H5Cl2N3/c2*14-9-2-1-8(5-10(9)15)11-6-12(19-7-18-11)13-16-3-4-17-13;12-9-2-1-7(3-10(9)13)11-4-8(5-14)15-6-16-11/h1-2,5-7H,3-4H2,(H,16,17);1-7H,(H,16,17);1-4,6H. The number of hydrogen-bond donors (Lipinski definition) is 2. The van der Waals surface area contributed by atoms with Gasteiger partial charge in [0.25, 0.3) is 0 Å². The summed E-state index contributed by atoms with van der Waals surface area (Å²) in [7, 11) is 0. The molecule has 0 atom stereocenters. The van der Waals surface area contributed by atoms with Crippen LogP contribution in [0.1, 0.15) is 11.4 Å². The van der Waals surface area contributed by atoms with E-state index in [1.165, 1.54) is 19.0 Å². The molecule has 0 fully saturated rings. The first-order valence-corrected chi connectivity index (χ1v) is 18.0. The van der Waals surface area contributed by atoms with Crippen LogP contribution in [0.2, 0.25) is 30.1 Å². The maximum Gasteiger partial charge on any atom is 0.156 e. The number of amidine groups is 1. The van der Waals surface area contributed by atoms with E-state index in [0.29, 0.717) is 47.3 Å². The smallest absolute Gasteiger partial charge is 0.156 e. The first-order valence-electron chi connectivity index (χ1n) is 15.7. The Hall–Kier alpha value is -5.19. The first kappa shape index (κ1) is 38.5. The van der Waals surface area contributed by atoms with Crippen LogP contribution in [0, 0.1) is 11.3 Å². The maximum absolute atomic E-state index is 8.72. The lowest BCUT2D eigenvalue weighted by atomic mass is 10.1. The van der Waals surface area contributed by atoms with Gasteiger partial charge in [-0.25, -0.2) is 34.9 Å². The van der Waals surface area contributed by atoms with Crippen LogP contribution in [0.3, 0.4) is 0 Å². The Morgan fingerprint density at radius 1 is 0.519 bits per heavy atom. The molecule has 0 unspecified atom stereocenters. The van der Waals surface area contributed by atoms with Crippen molar-refractivity contribution in [2.75, 3.05) is 13.1 Å². The van der Waals surface area contributed by atoms with Crippen LogP contribution in [0.15, 0.2) is 109 Å². The van der Waals surface area contributed by atoms with E-state index in [2.05, 4.69) is 50.2 Å². The highest BCUT2D eigenvalue weighted by Crippen LogP contribution is 2.30. The van der Waals surface area contributed by atoms with Crippen LogP contribution in [0.25, 0.3) is 45.3 Å². The van der Waals surface area contributed by atoms with Crippen LogP contribution in [-0.2, 0) is 0 Å². The summed E-state index contributed by atoms with van der Waals surface area (Å²) in [5.41, 5.74) is 6.60. The molecule has 0 spiro atoms. The van der Waals surface area contributed by atoms with Crippen molar-refractivity contribution in [3.63, 3.8) is 0 Å². The number of halogens is 6. The van der Waals surface area contributed by atoms with E-state index in [0.717, 1.165) is 58.4 Å². The lowest BCUT2D eigenvalue weighted by Crippen LogP contribution is -2.20. The van der Waals surface area contributed by atoms with E-state index in [4.69, 9.17) is 74.9 Å². The fourth-order valence-electron chi connectivity index (χ4n) is 4.81. The highest BCUT2D eigenvalue weighted by molar-refractivity contribution is 6.43. The van der Waals surface area contributed by atoms with E-state index in [1.807, 2.05) is 30.3 Å². The van der Waals surface area contributed by atoms with Crippen LogP contribution < -0.4 is 5.32 Å². The van der Waals surface area contributed by atoms with Gasteiger partial charge in [-0.1, -0.05) is 87.8 Å². The number of aromatic amines is 1. The quantitative estimate of drug-likeness (QED) is 0.172. The summed E-state index contributed by atoms with van der Waals surface area (Å²) >= 11 is 35.5. The summed E-state index contributed by atoms with van der Waals surface area (Å²) in [4.78, 5) is 36.3. The SMILES string of the molecule is Clc1ccc(-c2cc(-c3ncc[nH]3)ncn2)cc1Cl.Clc1ccc(-c2cc(C3=NCCN3)ncn2)cc1Cl.N#Cc1cc(-c2ccc(Cl)c(Cl)c2)ncn1. The zero-order valence-electron chi connectivity index (χ0n) is 27.5. The zero-order chi connectivity index (χ0) is 38.0. The van der Waals surface area contributed by atoms with Crippen molar-refractivity contribution in [1.29, 1.82) is 5.26 Å². The summed E-state index contributed by atoms with van der Waals surface area (Å²) in [6.07, 6.45) is 7.79. The molecule has 0 amide bonds. The van der Waals surface area contributed by atoms with Crippen molar-refractivity contribution in [2.45, 2.75) is 0 Å². The molecule has 54 heavy (non-hydrogen) atoms. The predicted molar refractivity (Wildman–Crippen MR) is 214 cm³/mol. The third-order valence-corrected chi connectivity index (χ3v) is 9.64. The summed E-state index contributed by atoms with van der Waals surface area (Å²) < 4.78 is 0. The molecule has 0 radical (unpaired) electrons. The van der Waals surface area contributed by atoms with E-state index < -0.39 is 0 Å². The molecule has 11 nitrogen and oxygen atoms in total. The molecule has 0 saturated heterocycles. The Balaban J connectivity index is 0.000000139. The average molecular weight is 834 g/mol. The molecular weight excluding hydrogens is 811 g/mol. The molecule has 3 aromatic carbocycles. The van der Waals surface area contributed by atoms with Gasteiger partial charge in [-0.3, -0.25) is 4.99 Å². The molecule has 4 aromatic heterocycles. The van der Waals surface area contributed by atoms with Gasteiger partial charge >= 0.3 is 0 Å². The summed E-state index contributed by atoms with van der Waals surface area (Å²) in [6.45, 7) is 1.63. The zero-order valence-corrected chi connectivity index (χ0v) is 32.1. The average Bonchev–Trinajstić information content (AvgIpc) is 3.95. The monoisotopic (exact) mass is 831 g/mol. The Labute approximate surface area is 339 Å². The Kier molecular flexibility index (Phi) is 13.0. The molecule has 1 aliphatic rings. The summed E-state index contributed by atoms with van der Waals surface area (Å²) in [5, 5.41) is 14.9. The normalized spacial score (nSPS) is 11.6. The molecule has 8 rings (SSSR count). The lowest BCUT2D eigenvalue weighted by molar-refractivity contribution is 0.957. The van der Waals surface area contributed by atoms with Gasteiger partial charge in [-0.15, -0.1) is 0 Å². The number of nitrogens with one attached hydrogen (secondary N) is 2. The second kappa shape index (κ2) is 18.2. The molecule has 7 aromatic rings. The van der Waals surface area contributed by atoms with Crippen molar-refractivity contribution in [1.82, 2.24) is 45.2 Å². The second-order valence-corrected chi connectivity index (χ2v) is 13.4. The largest absolute Gasteiger partial charge is 0.367 e. The van der Waals surface area contributed by atoms with Gasteiger partial charge in [0.05, 0.1) is 53.8 Å². The third kappa shape index (κ3) is 9.86. The van der Waals surface area contributed by atoms with Gasteiger partial charge in [0.15, 0.2) is 5.82 Å². The number of imidazole rings is 1. The van der Waals surface area contributed by atoms with E-state index in [-0.39, 0.29) is 0 Å². The Bertz CT molecular complexity index is 2490. The van der Waals surface area contributed by atoms with Crippen LogP contribution >= 0.6 is 69.6 Å². The highest BCUT2D eigenvalue weighted by atomic mass is 35.5. The van der Waals surface area contributed by atoms with E-state index >= 15 is 0 Å². The molecular formula is C37H23Cl6N11. The number of aliphatic imine (C=N–C) groups is 1. The van der Waals surface area contributed by atoms with Crippen molar-refractivity contribution in [3.8, 4) is 51.4 Å². The minimum Gasteiger partial charge on any atom is -0.367 e. The number of rotatable bonds is 5. The predicted octanol–water partition coefficient (Wildman–Crippen LogP) is 9.96. The maximum atomic E-state index is 8.72. The van der Waals surface area contributed by atoms with Gasteiger partial charge in [-0.05, 0) is 48.5 Å². The van der Waals surface area contributed by atoms with Gasteiger partial charge in [0.1, 0.15) is 48.0 Å². The minimum atomic E-state index is 0.316. The second-order valence-electron chi connectivity index (χ2n) is 11.0.